The van der Waals surface area contributed by atoms with Crippen molar-refractivity contribution in [1.82, 2.24) is 0 Å². The van der Waals surface area contributed by atoms with Crippen molar-refractivity contribution in [2.45, 2.75) is 0 Å². The molecule has 0 saturated carbocycles. The second-order valence-corrected chi connectivity index (χ2v) is 9.86. The third kappa shape index (κ3) is 3.37. The average molecular weight is 431 g/mol. The number of hydrogen-bond acceptors (Lipinski definition) is 7. The second-order valence-electron chi connectivity index (χ2n) is 6.33. The van der Waals surface area contributed by atoms with E-state index in [0.29, 0.717) is 0 Å². The standard InChI is InChI=1S/C18H14N3O8P/c22-19(23)13-1-7-16(8-2-13)30(28,29,17-9-3-14(4-10-17)20(24)25)18-11-5-15(6-12-18)21(26)27/h1-12,28H,(H,22,23). The molecule has 0 bridgehead atoms. The molecule has 30 heavy (non-hydrogen) atoms. The second kappa shape index (κ2) is 7.23. The number of benzene rings is 3. The molecule has 11 nitrogen and oxygen atoms in total. The van der Waals surface area contributed by atoms with Gasteiger partial charge in [0.05, 0.1) is 0 Å². The topological polar surface area (TPSA) is 170 Å². The van der Waals surface area contributed by atoms with E-state index in [-0.39, 0.29) is 33.0 Å². The molecule has 0 heterocycles. The summed E-state index contributed by atoms with van der Waals surface area (Å²) in [5.41, 5.74) is -0.776. The molecule has 0 fully saturated rings. The summed E-state index contributed by atoms with van der Waals surface area (Å²) < 4.78 is 0. The maximum absolute atomic E-state index is 14.3. The van der Waals surface area contributed by atoms with E-state index >= 15 is 0 Å². The fourth-order valence-corrected chi connectivity index (χ4v) is 6.01. The van der Waals surface area contributed by atoms with Crippen LogP contribution in [0.25, 0.3) is 0 Å². The van der Waals surface area contributed by atoms with Gasteiger partial charge in [-0.1, -0.05) is 0 Å². The molecule has 0 amide bonds. The minimum atomic E-state index is -5.46. The Hall–Kier alpha value is -3.79. The van der Waals surface area contributed by atoms with Gasteiger partial charge in [-0.25, -0.2) is 0 Å². The van der Waals surface area contributed by atoms with Gasteiger partial charge >= 0.3 is 168 Å². The molecule has 0 atom stereocenters. The van der Waals surface area contributed by atoms with E-state index < -0.39 is 21.8 Å². The Morgan fingerprint density at radius 2 is 0.867 bits per heavy atom. The molecule has 3 aromatic carbocycles. The van der Waals surface area contributed by atoms with Crippen molar-refractivity contribution >= 4 is 40.0 Å². The minimum absolute atomic E-state index is 0.158. The third-order valence-corrected chi connectivity index (χ3v) is 8.40. The molecule has 154 valence electrons. The van der Waals surface area contributed by atoms with Crippen LogP contribution in [0.3, 0.4) is 0 Å². The summed E-state index contributed by atoms with van der Waals surface area (Å²) in [6, 6.07) is 13.3. The molecular formula is C18H14N3O8P. The van der Waals surface area contributed by atoms with Crippen molar-refractivity contribution in [2.75, 3.05) is 0 Å². The van der Waals surface area contributed by atoms with Crippen LogP contribution in [0.4, 0.5) is 17.1 Å². The maximum atomic E-state index is 14.3. The van der Waals surface area contributed by atoms with E-state index in [0.717, 1.165) is 72.8 Å². The summed E-state index contributed by atoms with van der Waals surface area (Å²) in [5.74, 6) is 0. The van der Waals surface area contributed by atoms with Crippen LogP contribution in [0.5, 0.6) is 0 Å². The molecule has 0 radical (unpaired) electrons. The van der Waals surface area contributed by atoms with Crippen LogP contribution in [0.15, 0.2) is 72.8 Å². The molecule has 2 N–H and O–H groups in total. The Bertz CT molecular complexity index is 999. The summed E-state index contributed by atoms with van der Waals surface area (Å²) >= 11 is 0. The average Bonchev–Trinajstić information content (AvgIpc) is 2.74. The summed E-state index contributed by atoms with van der Waals surface area (Å²) in [7, 11) is -5.46. The van der Waals surface area contributed by atoms with Gasteiger partial charge in [-0.15, -0.1) is 0 Å². The first-order valence-corrected chi connectivity index (χ1v) is 10.4. The molecule has 0 aliphatic carbocycles. The fraction of sp³-hybridized carbons (Fsp3) is 0. The van der Waals surface area contributed by atoms with E-state index in [1.54, 1.807) is 0 Å². The first kappa shape index (κ1) is 20.9. The molecule has 3 rings (SSSR count). The predicted octanol–water partition coefficient (Wildman–Crippen LogP) is 1.31. The molecule has 0 spiro atoms. The van der Waals surface area contributed by atoms with Crippen molar-refractivity contribution in [2.24, 2.45) is 0 Å². The van der Waals surface area contributed by atoms with Crippen molar-refractivity contribution in [3.8, 4) is 0 Å². The van der Waals surface area contributed by atoms with Gasteiger partial charge in [0.2, 0.25) is 0 Å². The van der Waals surface area contributed by atoms with E-state index in [1.165, 1.54) is 0 Å². The zero-order valence-corrected chi connectivity index (χ0v) is 16.0. The number of nitro groups is 2. The zero-order valence-electron chi connectivity index (χ0n) is 15.1. The van der Waals surface area contributed by atoms with E-state index in [1.807, 2.05) is 0 Å². The number of rotatable bonds is 6. The first-order chi connectivity index (χ1) is 14.0. The van der Waals surface area contributed by atoms with Crippen LogP contribution in [-0.2, 0) is 0 Å². The van der Waals surface area contributed by atoms with Crippen LogP contribution in [0, 0.1) is 25.1 Å². The molecule has 0 saturated heterocycles. The number of non-ortho nitro benzene ring substituents is 2. The Kier molecular flexibility index (Phi) is 5.04. The van der Waals surface area contributed by atoms with Crippen LogP contribution < -0.4 is 20.8 Å². The monoisotopic (exact) mass is 431 g/mol. The first-order valence-electron chi connectivity index (χ1n) is 8.30. The molecule has 12 heteroatoms. The van der Waals surface area contributed by atoms with Gasteiger partial charge < -0.3 is 0 Å². The van der Waals surface area contributed by atoms with Gasteiger partial charge in [0, 0.05) is 0 Å². The Labute approximate surface area is 168 Å². The van der Waals surface area contributed by atoms with Gasteiger partial charge in [-0.3, -0.25) is 0 Å². The Morgan fingerprint density at radius 3 is 1.10 bits per heavy atom. The number of hydrogen-bond donors (Lipinski definition) is 2. The fourth-order valence-electron chi connectivity index (χ4n) is 3.01. The number of nitro benzene ring substituents is 2. The van der Waals surface area contributed by atoms with Crippen molar-refractivity contribution < 1.29 is 29.8 Å². The Morgan fingerprint density at radius 1 is 0.600 bits per heavy atom. The molecule has 0 unspecified atom stereocenters. The molecule has 0 aliphatic rings. The molecule has 0 aromatic heterocycles. The molecular weight excluding hydrogens is 417 g/mol. The van der Waals surface area contributed by atoms with E-state index in [9.17, 15) is 34.9 Å². The molecule has 0 aliphatic heterocycles. The SMILES string of the molecule is O=[N+]([O-])c1ccc(P([O-])(O)(c2ccc([N+](=O)[O-])cc2)c2ccc([N+](=O)O)cc2)cc1. The van der Waals surface area contributed by atoms with Gasteiger partial charge in [0.1, 0.15) is 0 Å². The summed E-state index contributed by atoms with van der Waals surface area (Å²) in [6.45, 7) is 0. The van der Waals surface area contributed by atoms with Gasteiger partial charge in [-0.2, -0.15) is 0 Å². The third-order valence-electron chi connectivity index (χ3n) is 4.63. The van der Waals surface area contributed by atoms with Gasteiger partial charge in [-0.05, 0) is 0 Å². The quantitative estimate of drug-likeness (QED) is 0.334. The van der Waals surface area contributed by atoms with Crippen LogP contribution >= 0.6 is 7.06 Å². The summed E-state index contributed by atoms with van der Waals surface area (Å²) in [5, 5.41) is 30.4. The van der Waals surface area contributed by atoms with Crippen LogP contribution in [0.2, 0.25) is 0 Å². The summed E-state index contributed by atoms with van der Waals surface area (Å²) in [6.07, 6.45) is 0. The van der Waals surface area contributed by atoms with Gasteiger partial charge in [0.25, 0.3) is 0 Å². The van der Waals surface area contributed by atoms with Crippen LogP contribution in [0.1, 0.15) is 0 Å². The van der Waals surface area contributed by atoms with Crippen molar-refractivity contribution in [3.05, 3.63) is 97.9 Å². The van der Waals surface area contributed by atoms with Crippen molar-refractivity contribution in [1.29, 1.82) is 0 Å². The molecule has 3 aromatic rings. The van der Waals surface area contributed by atoms with E-state index in [2.05, 4.69) is 0 Å². The Balaban J connectivity index is 2.27. The zero-order chi connectivity index (χ0) is 22.1. The van der Waals surface area contributed by atoms with E-state index in [4.69, 9.17) is 5.21 Å². The van der Waals surface area contributed by atoms with Crippen molar-refractivity contribution in [3.63, 3.8) is 0 Å². The normalized spacial score (nSPS) is 12.5. The van der Waals surface area contributed by atoms with Crippen LogP contribution in [-0.4, -0.2) is 24.9 Å². The predicted molar refractivity (Wildman–Crippen MR) is 106 cm³/mol. The van der Waals surface area contributed by atoms with Gasteiger partial charge in [0.15, 0.2) is 0 Å². The summed E-state index contributed by atoms with van der Waals surface area (Å²) in [4.78, 5) is 57.2. The number of nitrogens with zero attached hydrogens (tertiary/aromatic N) is 3.